The zero-order valence-corrected chi connectivity index (χ0v) is 11.7. The normalized spacial score (nSPS) is 16.4. The zero-order chi connectivity index (χ0) is 14.1. The van der Waals surface area contributed by atoms with Gasteiger partial charge in [-0.05, 0) is 19.2 Å². The molecule has 0 spiro atoms. The second kappa shape index (κ2) is 5.02. The molecule has 0 atom stereocenters. The van der Waals surface area contributed by atoms with Gasteiger partial charge in [-0.15, -0.1) is 0 Å². The number of H-pyrrole nitrogens is 1. The highest BCUT2D eigenvalue weighted by atomic mass is 16.5. The first kappa shape index (κ1) is 12.8. The van der Waals surface area contributed by atoms with Crippen molar-refractivity contribution in [1.82, 2.24) is 14.9 Å². The molecule has 1 N–H and O–H groups in total. The van der Waals surface area contributed by atoms with E-state index in [1.807, 2.05) is 12.1 Å². The second-order valence-corrected chi connectivity index (χ2v) is 5.04. The number of fused-ring (bicyclic) bond motifs is 1. The van der Waals surface area contributed by atoms with Gasteiger partial charge in [0.05, 0.1) is 29.9 Å². The largest absolute Gasteiger partial charge is 0.468 e. The lowest BCUT2D eigenvalue weighted by Crippen LogP contribution is -2.44. The monoisotopic (exact) mass is 271 g/mol. The van der Waals surface area contributed by atoms with E-state index in [1.54, 1.807) is 7.11 Å². The Morgan fingerprint density at radius 1 is 1.30 bits per heavy atom. The average molecular weight is 271 g/mol. The fourth-order valence-corrected chi connectivity index (χ4v) is 2.53. The third kappa shape index (κ3) is 2.17. The first-order chi connectivity index (χ1) is 9.71. The number of aromatic amines is 1. The molecule has 6 heteroatoms. The number of aromatic nitrogens is 2. The van der Waals surface area contributed by atoms with Gasteiger partial charge >= 0.3 is 0 Å². The molecule has 1 aromatic heterocycles. The molecule has 1 saturated heterocycles. The lowest BCUT2D eigenvalue weighted by atomic mass is 10.1. The summed E-state index contributed by atoms with van der Waals surface area (Å²) < 4.78 is 5.16. The van der Waals surface area contributed by atoms with Crippen LogP contribution < -0.4 is 9.64 Å². The summed E-state index contributed by atoms with van der Waals surface area (Å²) in [7, 11) is 3.70. The molecule has 0 bridgehead atoms. The predicted molar refractivity (Wildman–Crippen MR) is 77.1 cm³/mol. The topological polar surface area (TPSA) is 68.2 Å². The number of methoxy groups -OCH3 is 1. The van der Waals surface area contributed by atoms with Crippen LogP contribution in [0.4, 0.5) is 5.69 Å². The van der Waals surface area contributed by atoms with E-state index < -0.39 is 0 Å². The second-order valence-electron chi connectivity index (χ2n) is 5.04. The van der Waals surface area contributed by atoms with Crippen molar-refractivity contribution in [3.63, 3.8) is 0 Å². The number of ether oxygens (including phenoxy) is 1. The number of benzene rings is 1. The molecule has 2 aromatic rings. The Bertz CT molecular complexity index is 664. The lowest BCUT2D eigenvalue weighted by molar-refractivity contribution is 0.313. The van der Waals surface area contributed by atoms with Gasteiger partial charge in [-0.2, -0.15) is 10.2 Å². The molecule has 0 amide bonds. The van der Waals surface area contributed by atoms with Crippen molar-refractivity contribution in [2.45, 2.75) is 0 Å². The minimum absolute atomic E-state index is 0.477. The third-order valence-corrected chi connectivity index (χ3v) is 3.71. The summed E-state index contributed by atoms with van der Waals surface area (Å²) in [5, 5.41) is 9.18. The summed E-state index contributed by atoms with van der Waals surface area (Å²) in [6.07, 6.45) is 0. The molecule has 2 heterocycles. The number of rotatable bonds is 2. The highest BCUT2D eigenvalue weighted by Crippen LogP contribution is 2.29. The quantitative estimate of drug-likeness (QED) is 0.888. The van der Waals surface area contributed by atoms with E-state index in [0.29, 0.717) is 11.6 Å². The Balaban J connectivity index is 2.08. The van der Waals surface area contributed by atoms with Crippen molar-refractivity contribution in [3.8, 4) is 12.1 Å². The highest BCUT2D eigenvalue weighted by Gasteiger charge is 2.19. The molecule has 6 nitrogen and oxygen atoms in total. The van der Waals surface area contributed by atoms with Crippen molar-refractivity contribution in [2.75, 3.05) is 45.2 Å². The van der Waals surface area contributed by atoms with Crippen molar-refractivity contribution in [1.29, 1.82) is 5.26 Å². The fraction of sp³-hybridized carbons (Fsp3) is 0.429. The van der Waals surface area contributed by atoms with Crippen LogP contribution in [0.2, 0.25) is 0 Å². The van der Waals surface area contributed by atoms with Gasteiger partial charge in [0, 0.05) is 26.2 Å². The Kier molecular flexibility index (Phi) is 3.20. The number of hydrogen-bond donors (Lipinski definition) is 1. The molecule has 3 rings (SSSR count). The van der Waals surface area contributed by atoms with Crippen LogP contribution in [-0.2, 0) is 0 Å². The SMILES string of the molecule is COc1nc2c(N3CCN(C)CC3)cc(C#N)cc2[nH]1. The third-order valence-electron chi connectivity index (χ3n) is 3.71. The molecule has 1 aromatic carbocycles. The maximum absolute atomic E-state index is 9.18. The van der Waals surface area contributed by atoms with E-state index in [2.05, 4.69) is 32.9 Å². The molecule has 20 heavy (non-hydrogen) atoms. The van der Waals surface area contributed by atoms with Gasteiger partial charge in [0.1, 0.15) is 5.52 Å². The number of likely N-dealkylation sites (N-methyl/N-ethyl adjacent to an activating group) is 1. The Morgan fingerprint density at radius 3 is 2.70 bits per heavy atom. The molecular formula is C14H17N5O. The summed E-state index contributed by atoms with van der Waals surface area (Å²) in [6, 6.07) is 6.41. The lowest BCUT2D eigenvalue weighted by Gasteiger charge is -2.34. The minimum atomic E-state index is 0.477. The molecule has 1 fully saturated rings. The van der Waals surface area contributed by atoms with E-state index in [0.717, 1.165) is 42.9 Å². The Labute approximate surface area is 117 Å². The molecular weight excluding hydrogens is 254 g/mol. The van der Waals surface area contributed by atoms with Gasteiger partial charge in [0.2, 0.25) is 0 Å². The van der Waals surface area contributed by atoms with Crippen molar-refractivity contribution < 1.29 is 4.74 Å². The van der Waals surface area contributed by atoms with Crippen LogP contribution in [0.5, 0.6) is 6.01 Å². The van der Waals surface area contributed by atoms with Crippen molar-refractivity contribution >= 4 is 16.7 Å². The van der Waals surface area contributed by atoms with E-state index in [9.17, 15) is 5.26 Å². The summed E-state index contributed by atoms with van der Waals surface area (Å²) in [5.74, 6) is 0. The number of nitrogens with zero attached hydrogens (tertiary/aromatic N) is 4. The number of nitriles is 1. The van der Waals surface area contributed by atoms with E-state index in [1.165, 1.54) is 0 Å². The van der Waals surface area contributed by atoms with E-state index >= 15 is 0 Å². The standard InChI is InChI=1S/C14H17N5O/c1-18-3-5-19(6-4-18)12-8-10(9-15)7-11-13(12)17-14(16-11)20-2/h7-8H,3-6H2,1-2H3,(H,16,17). The van der Waals surface area contributed by atoms with Gasteiger partial charge < -0.3 is 19.5 Å². The Hall–Kier alpha value is -2.26. The molecule has 0 aliphatic carbocycles. The number of hydrogen-bond acceptors (Lipinski definition) is 5. The smallest absolute Gasteiger partial charge is 0.294 e. The van der Waals surface area contributed by atoms with Crippen LogP contribution in [0.25, 0.3) is 11.0 Å². The highest BCUT2D eigenvalue weighted by molar-refractivity contribution is 5.91. The van der Waals surface area contributed by atoms with Crippen LogP contribution in [0.3, 0.4) is 0 Å². The predicted octanol–water partition coefficient (Wildman–Crippen LogP) is 1.19. The first-order valence-corrected chi connectivity index (χ1v) is 6.62. The number of nitrogens with one attached hydrogen (secondary N) is 1. The summed E-state index contributed by atoms with van der Waals surface area (Å²) in [6.45, 7) is 3.91. The van der Waals surface area contributed by atoms with Crippen LogP contribution in [0, 0.1) is 11.3 Å². The molecule has 1 aliphatic heterocycles. The summed E-state index contributed by atoms with van der Waals surface area (Å²) in [4.78, 5) is 12.1. The summed E-state index contributed by atoms with van der Waals surface area (Å²) >= 11 is 0. The van der Waals surface area contributed by atoms with Crippen molar-refractivity contribution in [2.24, 2.45) is 0 Å². The van der Waals surface area contributed by atoms with Gasteiger partial charge in [-0.25, -0.2) is 0 Å². The van der Waals surface area contributed by atoms with Gasteiger partial charge in [-0.3, -0.25) is 0 Å². The summed E-state index contributed by atoms with van der Waals surface area (Å²) in [5.41, 5.74) is 3.35. The number of anilines is 1. The molecule has 0 saturated carbocycles. The van der Waals surface area contributed by atoms with Crippen LogP contribution >= 0.6 is 0 Å². The molecule has 104 valence electrons. The van der Waals surface area contributed by atoms with Gasteiger partial charge in [0.15, 0.2) is 0 Å². The van der Waals surface area contributed by atoms with Crippen LogP contribution in [0.1, 0.15) is 5.56 Å². The Morgan fingerprint density at radius 2 is 2.05 bits per heavy atom. The first-order valence-electron chi connectivity index (χ1n) is 6.62. The fourth-order valence-electron chi connectivity index (χ4n) is 2.53. The minimum Gasteiger partial charge on any atom is -0.468 e. The number of piperazine rings is 1. The van der Waals surface area contributed by atoms with Crippen LogP contribution in [0.15, 0.2) is 12.1 Å². The maximum Gasteiger partial charge on any atom is 0.294 e. The van der Waals surface area contributed by atoms with Gasteiger partial charge in [-0.1, -0.05) is 0 Å². The molecule has 0 radical (unpaired) electrons. The molecule has 0 unspecified atom stereocenters. The van der Waals surface area contributed by atoms with Crippen LogP contribution in [-0.4, -0.2) is 55.2 Å². The van der Waals surface area contributed by atoms with Crippen molar-refractivity contribution in [3.05, 3.63) is 17.7 Å². The van der Waals surface area contributed by atoms with E-state index in [-0.39, 0.29) is 0 Å². The maximum atomic E-state index is 9.18. The average Bonchev–Trinajstić information content (AvgIpc) is 2.90. The zero-order valence-electron chi connectivity index (χ0n) is 11.7. The number of imidazole rings is 1. The van der Waals surface area contributed by atoms with E-state index in [4.69, 9.17) is 4.74 Å². The van der Waals surface area contributed by atoms with Gasteiger partial charge in [0.25, 0.3) is 6.01 Å². The molecule has 1 aliphatic rings.